The summed E-state index contributed by atoms with van der Waals surface area (Å²) in [4.78, 5) is 5.03. The highest BCUT2D eigenvalue weighted by molar-refractivity contribution is 7.99. The molecule has 1 aliphatic carbocycles. The Balaban J connectivity index is 1.62. The Morgan fingerprint density at radius 2 is 1.83 bits per heavy atom. The van der Waals surface area contributed by atoms with E-state index in [1.54, 1.807) is 0 Å². The molecule has 2 unspecified atom stereocenters. The molecule has 2 rings (SSSR count). The topological polar surface area (TPSA) is 18.5 Å². The second-order valence-electron chi connectivity index (χ2n) is 5.76. The molecule has 4 heteroatoms. The van der Waals surface area contributed by atoms with Gasteiger partial charge in [-0.1, -0.05) is 12.8 Å². The molecule has 0 radical (unpaired) electrons. The summed E-state index contributed by atoms with van der Waals surface area (Å²) in [6.45, 7) is 7.36. The largest absolute Gasteiger partial charge is 0.312 e. The van der Waals surface area contributed by atoms with Gasteiger partial charge in [-0.05, 0) is 26.1 Å². The molecule has 0 aromatic heterocycles. The summed E-state index contributed by atoms with van der Waals surface area (Å²) >= 11 is 2.06. The van der Waals surface area contributed by atoms with E-state index in [-0.39, 0.29) is 0 Å². The van der Waals surface area contributed by atoms with Crippen molar-refractivity contribution in [2.24, 2.45) is 0 Å². The molecule has 2 fully saturated rings. The number of rotatable bonds is 5. The van der Waals surface area contributed by atoms with E-state index in [9.17, 15) is 0 Å². The van der Waals surface area contributed by atoms with Crippen LogP contribution in [0.25, 0.3) is 0 Å². The lowest BCUT2D eigenvalue weighted by Gasteiger charge is -2.34. The van der Waals surface area contributed by atoms with Crippen molar-refractivity contribution in [3.8, 4) is 0 Å². The van der Waals surface area contributed by atoms with Crippen molar-refractivity contribution in [1.29, 1.82) is 0 Å². The minimum Gasteiger partial charge on any atom is -0.312 e. The van der Waals surface area contributed by atoms with E-state index < -0.39 is 0 Å². The second-order valence-corrected chi connectivity index (χ2v) is 6.84. The van der Waals surface area contributed by atoms with Gasteiger partial charge in [0.05, 0.1) is 0 Å². The van der Waals surface area contributed by atoms with Gasteiger partial charge in [0.25, 0.3) is 0 Å². The van der Waals surface area contributed by atoms with Crippen LogP contribution in [0.15, 0.2) is 0 Å². The molecule has 3 nitrogen and oxygen atoms in total. The molecule has 0 amide bonds. The summed E-state index contributed by atoms with van der Waals surface area (Å²) in [5.74, 6) is 0. The zero-order valence-electron chi connectivity index (χ0n) is 12.0. The lowest BCUT2D eigenvalue weighted by Crippen LogP contribution is -2.48. The summed E-state index contributed by atoms with van der Waals surface area (Å²) < 4.78 is 0. The number of hydrogen-bond donors (Lipinski definition) is 1. The van der Waals surface area contributed by atoms with Crippen molar-refractivity contribution in [1.82, 2.24) is 15.1 Å². The third kappa shape index (κ3) is 4.41. The van der Waals surface area contributed by atoms with Crippen LogP contribution in [0.4, 0.5) is 0 Å². The fourth-order valence-electron chi connectivity index (χ4n) is 3.09. The Labute approximate surface area is 117 Å². The summed E-state index contributed by atoms with van der Waals surface area (Å²) in [7, 11) is 2.22. The van der Waals surface area contributed by atoms with Gasteiger partial charge < -0.3 is 10.2 Å². The quantitative estimate of drug-likeness (QED) is 0.816. The first kappa shape index (κ1) is 14.6. The van der Waals surface area contributed by atoms with Gasteiger partial charge in [-0.2, -0.15) is 11.8 Å². The molecule has 0 aromatic rings. The number of nitrogens with one attached hydrogen (secondary N) is 1. The lowest BCUT2D eigenvalue weighted by molar-refractivity contribution is 0.153. The van der Waals surface area contributed by atoms with Crippen LogP contribution in [0, 0.1) is 0 Å². The minimum absolute atomic E-state index is 0.765. The van der Waals surface area contributed by atoms with Gasteiger partial charge in [-0.3, -0.25) is 4.90 Å². The Kier molecular flexibility index (Phi) is 6.29. The Bertz CT molecular complexity index is 229. The van der Waals surface area contributed by atoms with E-state index in [1.807, 2.05) is 0 Å². The molecular formula is C14H29N3S. The molecule has 0 bridgehead atoms. The van der Waals surface area contributed by atoms with Gasteiger partial charge in [0.2, 0.25) is 0 Å². The van der Waals surface area contributed by atoms with Crippen molar-refractivity contribution in [3.05, 3.63) is 0 Å². The van der Waals surface area contributed by atoms with E-state index in [4.69, 9.17) is 0 Å². The van der Waals surface area contributed by atoms with E-state index >= 15 is 0 Å². The molecular weight excluding hydrogens is 242 g/mol. The minimum atomic E-state index is 0.765. The van der Waals surface area contributed by atoms with E-state index in [2.05, 4.69) is 40.2 Å². The third-order valence-corrected chi connectivity index (χ3v) is 5.61. The summed E-state index contributed by atoms with van der Waals surface area (Å²) in [6, 6.07) is 0.765. The average Bonchev–Trinajstić information content (AvgIpc) is 2.41. The fourth-order valence-corrected chi connectivity index (χ4v) is 4.06. The van der Waals surface area contributed by atoms with Gasteiger partial charge >= 0.3 is 0 Å². The van der Waals surface area contributed by atoms with Crippen molar-refractivity contribution < 1.29 is 0 Å². The SMILES string of the molecule is CSC1CCCCC1NCCN1CCN(C)CC1. The van der Waals surface area contributed by atoms with Crippen LogP contribution in [0.1, 0.15) is 25.7 Å². The van der Waals surface area contributed by atoms with E-state index in [0.717, 1.165) is 11.3 Å². The van der Waals surface area contributed by atoms with Gasteiger partial charge in [-0.25, -0.2) is 0 Å². The van der Waals surface area contributed by atoms with Crippen molar-refractivity contribution >= 4 is 11.8 Å². The highest BCUT2D eigenvalue weighted by atomic mass is 32.2. The number of thioether (sulfide) groups is 1. The Morgan fingerprint density at radius 3 is 2.56 bits per heavy atom. The Hall–Kier alpha value is 0.230. The summed E-state index contributed by atoms with van der Waals surface area (Å²) in [5.41, 5.74) is 0. The molecule has 1 aliphatic heterocycles. The third-order valence-electron chi connectivity index (χ3n) is 4.44. The van der Waals surface area contributed by atoms with Crippen molar-refractivity contribution in [3.63, 3.8) is 0 Å². The van der Waals surface area contributed by atoms with Gasteiger partial charge in [0, 0.05) is 50.6 Å². The second kappa shape index (κ2) is 7.73. The van der Waals surface area contributed by atoms with Crippen LogP contribution in [0.3, 0.4) is 0 Å². The highest BCUT2D eigenvalue weighted by Gasteiger charge is 2.23. The number of nitrogens with zero attached hydrogens (tertiary/aromatic N) is 2. The van der Waals surface area contributed by atoms with Gasteiger partial charge in [0.1, 0.15) is 0 Å². The van der Waals surface area contributed by atoms with Crippen LogP contribution in [0.2, 0.25) is 0 Å². The monoisotopic (exact) mass is 271 g/mol. The molecule has 106 valence electrons. The normalized spacial score (nSPS) is 31.7. The van der Waals surface area contributed by atoms with Crippen LogP contribution < -0.4 is 5.32 Å². The molecule has 0 aromatic carbocycles. The maximum absolute atomic E-state index is 3.81. The molecule has 18 heavy (non-hydrogen) atoms. The molecule has 1 heterocycles. The van der Waals surface area contributed by atoms with Crippen molar-refractivity contribution in [2.75, 3.05) is 52.6 Å². The van der Waals surface area contributed by atoms with Crippen LogP contribution in [-0.2, 0) is 0 Å². The molecule has 2 aliphatic rings. The zero-order chi connectivity index (χ0) is 12.8. The van der Waals surface area contributed by atoms with Crippen LogP contribution in [0.5, 0.6) is 0 Å². The maximum Gasteiger partial charge on any atom is 0.0198 e. The Morgan fingerprint density at radius 1 is 1.11 bits per heavy atom. The van der Waals surface area contributed by atoms with Gasteiger partial charge in [-0.15, -0.1) is 0 Å². The first-order valence-corrected chi connectivity index (χ1v) is 8.75. The predicted molar refractivity (Wildman–Crippen MR) is 81.5 cm³/mol. The molecule has 1 saturated heterocycles. The van der Waals surface area contributed by atoms with Crippen molar-refractivity contribution in [2.45, 2.75) is 37.0 Å². The lowest BCUT2D eigenvalue weighted by atomic mass is 9.95. The van der Waals surface area contributed by atoms with E-state index in [1.165, 1.54) is 65.0 Å². The predicted octanol–water partition coefficient (Wildman–Crippen LogP) is 1.50. The number of likely N-dealkylation sites (N-methyl/N-ethyl adjacent to an activating group) is 1. The smallest absolute Gasteiger partial charge is 0.0198 e. The van der Waals surface area contributed by atoms with Crippen LogP contribution >= 0.6 is 11.8 Å². The standard InChI is InChI=1S/C14H29N3S/c1-16-9-11-17(12-10-16)8-7-15-13-5-3-4-6-14(13)18-2/h13-15H,3-12H2,1-2H3. The maximum atomic E-state index is 3.81. The number of hydrogen-bond acceptors (Lipinski definition) is 4. The number of piperazine rings is 1. The first-order valence-electron chi connectivity index (χ1n) is 7.46. The summed E-state index contributed by atoms with van der Waals surface area (Å²) in [5, 5.41) is 4.66. The first-order chi connectivity index (χ1) is 8.79. The molecule has 2 atom stereocenters. The molecule has 1 N–H and O–H groups in total. The van der Waals surface area contributed by atoms with Crippen LogP contribution in [-0.4, -0.2) is 73.7 Å². The highest BCUT2D eigenvalue weighted by Crippen LogP contribution is 2.26. The molecule has 0 spiro atoms. The fraction of sp³-hybridized carbons (Fsp3) is 1.00. The molecule has 1 saturated carbocycles. The van der Waals surface area contributed by atoms with E-state index in [0.29, 0.717) is 0 Å². The zero-order valence-corrected chi connectivity index (χ0v) is 12.8. The summed E-state index contributed by atoms with van der Waals surface area (Å²) in [6.07, 6.45) is 7.91. The average molecular weight is 271 g/mol. The van der Waals surface area contributed by atoms with Gasteiger partial charge in [0.15, 0.2) is 0 Å².